The van der Waals surface area contributed by atoms with Crippen LogP contribution in [0.4, 0.5) is 0 Å². The third-order valence-corrected chi connectivity index (χ3v) is 9.44. The third kappa shape index (κ3) is 29.8. The first-order valence-electron chi connectivity index (χ1n) is 20.3. The number of unbranched alkanes of at least 4 members (excludes halogenated alkanes) is 24. The van der Waals surface area contributed by atoms with Gasteiger partial charge in [0.15, 0.2) is 0 Å². The highest BCUT2D eigenvalue weighted by Crippen LogP contribution is 2.27. The fraction of sp³-hybridized carbons (Fsp3) is 0.905. The van der Waals surface area contributed by atoms with Crippen LogP contribution in [0.5, 0.6) is 0 Å². The second kappa shape index (κ2) is 35.9. The smallest absolute Gasteiger partial charge is 0.318 e. The van der Waals surface area contributed by atoms with Gasteiger partial charge < -0.3 is 21.9 Å². The van der Waals surface area contributed by atoms with E-state index in [0.717, 1.165) is 32.5 Å². The zero-order valence-corrected chi connectivity index (χ0v) is 33.1. The van der Waals surface area contributed by atoms with Crippen molar-refractivity contribution in [3.63, 3.8) is 0 Å². The summed E-state index contributed by atoms with van der Waals surface area (Å²) in [6, 6.07) is 0. The predicted molar refractivity (Wildman–Crippen MR) is 202 cm³/mol. The lowest BCUT2D eigenvalue weighted by molar-refractivity contribution is -0.981. The van der Waals surface area contributed by atoms with Crippen molar-refractivity contribution in [3.05, 3.63) is 24.3 Å². The molecule has 3 nitrogen and oxygen atoms in total. The van der Waals surface area contributed by atoms with Crippen LogP contribution in [-0.2, 0) is 9.47 Å². The van der Waals surface area contributed by atoms with Crippen molar-refractivity contribution >= 4 is 0 Å². The van der Waals surface area contributed by atoms with Crippen molar-refractivity contribution in [2.24, 2.45) is 0 Å². The number of hydrogen-bond donors (Lipinski definition) is 0. The van der Waals surface area contributed by atoms with Crippen LogP contribution in [0.15, 0.2) is 24.3 Å². The molecule has 0 amide bonds. The number of rotatable bonds is 36. The zero-order valence-electron chi connectivity index (χ0n) is 32.4. The number of hydrogen-bond acceptors (Lipinski definition) is 2. The van der Waals surface area contributed by atoms with Crippen LogP contribution in [0, 0.1) is 0 Å². The molecule has 0 aromatic rings. The van der Waals surface area contributed by atoms with E-state index >= 15 is 0 Å². The number of allylic oxidation sites excluding steroid dienone is 4. The van der Waals surface area contributed by atoms with Gasteiger partial charge in [-0.25, -0.2) is 0 Å². The standard InChI is InChI=1S/C42H84NO2.ClH/c1-7-10-12-14-16-18-20-22-24-26-28-30-32-34-36-38-40-44-42(9-3,43(4,5)6)45-41-39-37-35-33-31-29-27-25-23-21-19-17-15-13-11-8-2;/h22-25H,7-21,26-41H2,1-6H3;1H/q+1;/p-1/b24-22-,25-23-;. The quantitative estimate of drug-likeness (QED) is 0.0286. The normalized spacial score (nSPS) is 12.5. The zero-order chi connectivity index (χ0) is 33.2. The molecule has 0 N–H and O–H groups in total. The topological polar surface area (TPSA) is 18.5 Å². The average molecular weight is 671 g/mol. The summed E-state index contributed by atoms with van der Waals surface area (Å²) in [5.41, 5.74) is 0. The summed E-state index contributed by atoms with van der Waals surface area (Å²) in [5, 5.41) is 0. The SMILES string of the molecule is CCCCCCCC/C=C\CCCCCCCCOC(CC)(OCCCCCCCC/C=C\CCCCCCCC)[N+](C)(C)C.[Cl-]. The van der Waals surface area contributed by atoms with Crippen molar-refractivity contribution in [1.82, 2.24) is 0 Å². The van der Waals surface area contributed by atoms with Crippen LogP contribution >= 0.6 is 0 Å². The van der Waals surface area contributed by atoms with E-state index < -0.39 is 5.91 Å². The van der Waals surface area contributed by atoms with E-state index in [1.54, 1.807) is 0 Å². The largest absolute Gasteiger partial charge is 1.00 e. The summed E-state index contributed by atoms with van der Waals surface area (Å²) in [6.07, 6.45) is 48.0. The molecule has 0 aliphatic carbocycles. The summed E-state index contributed by atoms with van der Waals surface area (Å²) in [4.78, 5) is 0. The van der Waals surface area contributed by atoms with Crippen LogP contribution in [0.1, 0.15) is 207 Å². The highest BCUT2D eigenvalue weighted by Gasteiger charge is 2.44. The molecule has 46 heavy (non-hydrogen) atoms. The van der Waals surface area contributed by atoms with E-state index in [-0.39, 0.29) is 12.4 Å². The minimum atomic E-state index is -0.524. The third-order valence-electron chi connectivity index (χ3n) is 9.44. The second-order valence-corrected chi connectivity index (χ2v) is 14.7. The van der Waals surface area contributed by atoms with Gasteiger partial charge in [0.05, 0.1) is 40.8 Å². The molecule has 0 atom stereocenters. The molecule has 0 fully saturated rings. The lowest BCUT2D eigenvalue weighted by Gasteiger charge is -2.44. The summed E-state index contributed by atoms with van der Waals surface area (Å²) in [7, 11) is 6.65. The van der Waals surface area contributed by atoms with Crippen molar-refractivity contribution in [1.29, 1.82) is 0 Å². The van der Waals surface area contributed by atoms with Crippen molar-refractivity contribution in [2.75, 3.05) is 34.4 Å². The highest BCUT2D eigenvalue weighted by molar-refractivity contribution is 4.82. The molecule has 0 aromatic heterocycles. The van der Waals surface area contributed by atoms with E-state index in [9.17, 15) is 0 Å². The van der Waals surface area contributed by atoms with Crippen LogP contribution in [0.2, 0.25) is 0 Å². The van der Waals surface area contributed by atoms with Crippen LogP contribution < -0.4 is 12.4 Å². The Morgan fingerprint density at radius 3 is 0.913 bits per heavy atom. The Hall–Kier alpha value is -0.350. The van der Waals surface area contributed by atoms with E-state index in [0.29, 0.717) is 4.48 Å². The average Bonchev–Trinajstić information content (AvgIpc) is 3.02. The van der Waals surface area contributed by atoms with Gasteiger partial charge in [-0.05, 0) is 64.2 Å². The van der Waals surface area contributed by atoms with Gasteiger partial charge in [0.1, 0.15) is 0 Å². The maximum Gasteiger partial charge on any atom is 0.318 e. The maximum atomic E-state index is 6.53. The minimum Gasteiger partial charge on any atom is -1.00 e. The number of ether oxygens (including phenoxy) is 2. The molecule has 276 valence electrons. The first-order chi connectivity index (χ1) is 21.9. The van der Waals surface area contributed by atoms with Crippen LogP contribution in [0.25, 0.3) is 0 Å². The van der Waals surface area contributed by atoms with E-state index in [4.69, 9.17) is 9.47 Å². The number of nitrogens with zero attached hydrogens (tertiary/aromatic N) is 1. The minimum absolute atomic E-state index is 0. The fourth-order valence-electron chi connectivity index (χ4n) is 6.27. The van der Waals surface area contributed by atoms with Gasteiger partial charge in [-0.3, -0.25) is 4.48 Å². The Morgan fingerprint density at radius 2 is 0.652 bits per heavy atom. The lowest BCUT2D eigenvalue weighted by atomic mass is 10.1. The van der Waals surface area contributed by atoms with E-state index in [1.807, 2.05) is 0 Å². The Morgan fingerprint density at radius 1 is 0.391 bits per heavy atom. The Kier molecular flexibility index (Phi) is 37.3. The summed E-state index contributed by atoms with van der Waals surface area (Å²) in [6.45, 7) is 8.40. The number of quaternary nitrogens is 1. The Balaban J connectivity index is 0. The van der Waals surface area contributed by atoms with E-state index in [1.165, 1.54) is 167 Å². The molecule has 0 aromatic carbocycles. The molecular weight excluding hydrogens is 586 g/mol. The second-order valence-electron chi connectivity index (χ2n) is 14.7. The predicted octanol–water partition coefficient (Wildman–Crippen LogP) is 10.9. The first kappa shape index (κ1) is 47.8. The summed E-state index contributed by atoms with van der Waals surface area (Å²) in [5.74, 6) is -0.524. The molecule has 0 radical (unpaired) electrons. The highest BCUT2D eigenvalue weighted by atomic mass is 35.5. The monoisotopic (exact) mass is 670 g/mol. The maximum absolute atomic E-state index is 6.53. The Labute approximate surface area is 297 Å². The first-order valence-corrected chi connectivity index (χ1v) is 20.3. The molecular formula is C42H84ClNO2. The molecule has 0 aliphatic rings. The van der Waals surface area contributed by atoms with Gasteiger partial charge in [-0.1, -0.05) is 161 Å². The molecule has 0 rings (SSSR count). The molecule has 0 saturated carbocycles. The van der Waals surface area contributed by atoms with Gasteiger partial charge in [0.2, 0.25) is 0 Å². The van der Waals surface area contributed by atoms with Crippen molar-refractivity contribution in [3.8, 4) is 0 Å². The van der Waals surface area contributed by atoms with Crippen LogP contribution in [0.3, 0.4) is 0 Å². The van der Waals surface area contributed by atoms with Gasteiger partial charge in [0, 0.05) is 0 Å². The molecule has 0 unspecified atom stereocenters. The van der Waals surface area contributed by atoms with Gasteiger partial charge in [-0.2, -0.15) is 0 Å². The molecule has 0 saturated heterocycles. The van der Waals surface area contributed by atoms with Crippen LogP contribution in [-0.4, -0.2) is 44.8 Å². The molecule has 4 heteroatoms. The van der Waals surface area contributed by atoms with Crippen molar-refractivity contribution < 1.29 is 26.4 Å². The van der Waals surface area contributed by atoms with Gasteiger partial charge in [-0.15, -0.1) is 0 Å². The summed E-state index contributed by atoms with van der Waals surface area (Å²) < 4.78 is 13.7. The molecule has 0 bridgehead atoms. The number of halogens is 1. The molecule has 0 spiro atoms. The summed E-state index contributed by atoms with van der Waals surface area (Å²) >= 11 is 0. The Bertz CT molecular complexity index is 598. The van der Waals surface area contributed by atoms with Crippen molar-refractivity contribution in [2.45, 2.75) is 213 Å². The lowest BCUT2D eigenvalue weighted by Crippen LogP contribution is -3.00. The van der Waals surface area contributed by atoms with E-state index in [2.05, 4.69) is 66.2 Å². The van der Waals surface area contributed by atoms with Gasteiger partial charge >= 0.3 is 5.91 Å². The molecule has 0 aliphatic heterocycles. The van der Waals surface area contributed by atoms with Gasteiger partial charge in [0.25, 0.3) is 0 Å². The fourth-order valence-corrected chi connectivity index (χ4v) is 6.27. The molecule has 0 heterocycles.